The fourth-order valence-electron chi connectivity index (χ4n) is 1.24. The van der Waals surface area contributed by atoms with Gasteiger partial charge >= 0.3 is 5.97 Å². The molecule has 1 unspecified atom stereocenters. The van der Waals surface area contributed by atoms with Crippen LogP contribution in [0.15, 0.2) is 23.1 Å². The molecule has 18 heavy (non-hydrogen) atoms. The Labute approximate surface area is 107 Å². The van der Waals surface area contributed by atoms with E-state index < -0.39 is 10.7 Å². The highest BCUT2D eigenvalue weighted by Gasteiger charge is 2.19. The predicted octanol–water partition coefficient (Wildman–Crippen LogP) is 2.64. The molecular formula is C11H12FNO4S. The molecule has 0 saturated carbocycles. The molecule has 98 valence electrons. The Bertz CT molecular complexity index is 466. The van der Waals surface area contributed by atoms with Crippen molar-refractivity contribution >= 4 is 23.4 Å². The van der Waals surface area contributed by atoms with E-state index in [0.717, 1.165) is 23.9 Å². The summed E-state index contributed by atoms with van der Waals surface area (Å²) in [6, 6.07) is 3.35. The number of nitrogens with zero attached hydrogens (tertiary/aromatic N) is 1. The first-order chi connectivity index (χ1) is 8.45. The number of esters is 1. The van der Waals surface area contributed by atoms with Crippen LogP contribution in [0.2, 0.25) is 0 Å². The minimum Gasteiger partial charge on any atom is -0.469 e. The molecule has 0 aliphatic rings. The minimum absolute atomic E-state index is 0.294. The molecular weight excluding hydrogens is 261 g/mol. The van der Waals surface area contributed by atoms with Gasteiger partial charge in [-0.25, -0.2) is 4.39 Å². The lowest BCUT2D eigenvalue weighted by Crippen LogP contribution is -2.14. The molecule has 0 spiro atoms. The van der Waals surface area contributed by atoms with Crippen LogP contribution < -0.4 is 0 Å². The van der Waals surface area contributed by atoms with Crippen molar-refractivity contribution in [2.45, 2.75) is 11.8 Å². The van der Waals surface area contributed by atoms with Gasteiger partial charge in [0.25, 0.3) is 5.69 Å². The fourth-order valence-corrected chi connectivity index (χ4v) is 2.25. The number of halogens is 1. The molecule has 0 heterocycles. The number of benzene rings is 1. The highest BCUT2D eigenvalue weighted by molar-refractivity contribution is 7.99. The maximum Gasteiger partial charge on any atom is 0.309 e. The van der Waals surface area contributed by atoms with Gasteiger partial charge in [-0.3, -0.25) is 14.9 Å². The summed E-state index contributed by atoms with van der Waals surface area (Å²) in [5.41, 5.74) is -0.294. The van der Waals surface area contributed by atoms with Crippen LogP contribution in [0, 0.1) is 21.8 Å². The molecule has 1 atom stereocenters. The van der Waals surface area contributed by atoms with Gasteiger partial charge in [0.15, 0.2) is 0 Å². The van der Waals surface area contributed by atoms with Crippen LogP contribution in [0.5, 0.6) is 0 Å². The van der Waals surface area contributed by atoms with Crippen molar-refractivity contribution in [1.29, 1.82) is 0 Å². The minimum atomic E-state index is -0.660. The van der Waals surface area contributed by atoms with Gasteiger partial charge < -0.3 is 4.74 Å². The number of ether oxygens (including phenoxy) is 1. The Kier molecular flexibility index (Phi) is 5.08. The number of rotatable bonds is 5. The lowest BCUT2D eigenvalue weighted by Gasteiger charge is -2.08. The third-order valence-electron chi connectivity index (χ3n) is 2.21. The van der Waals surface area contributed by atoms with E-state index in [-0.39, 0.29) is 17.6 Å². The average molecular weight is 273 g/mol. The smallest absolute Gasteiger partial charge is 0.309 e. The van der Waals surface area contributed by atoms with E-state index in [0.29, 0.717) is 10.6 Å². The van der Waals surface area contributed by atoms with Crippen LogP contribution in [-0.4, -0.2) is 23.8 Å². The van der Waals surface area contributed by atoms with Crippen LogP contribution >= 0.6 is 11.8 Å². The zero-order valence-electron chi connectivity index (χ0n) is 9.88. The van der Waals surface area contributed by atoms with Crippen molar-refractivity contribution in [3.05, 3.63) is 34.1 Å². The number of nitro groups is 1. The molecule has 0 aromatic heterocycles. The summed E-state index contributed by atoms with van der Waals surface area (Å²) in [6.45, 7) is 1.66. The van der Waals surface area contributed by atoms with Crippen LogP contribution in [0.4, 0.5) is 10.1 Å². The molecule has 0 aliphatic heterocycles. The molecule has 0 N–H and O–H groups in total. The van der Waals surface area contributed by atoms with Crippen molar-refractivity contribution in [3.8, 4) is 0 Å². The van der Waals surface area contributed by atoms with E-state index in [1.165, 1.54) is 13.2 Å². The number of carbonyl (C=O) groups excluding carboxylic acids is 1. The Hall–Kier alpha value is -1.63. The van der Waals surface area contributed by atoms with Crippen molar-refractivity contribution < 1.29 is 18.8 Å². The van der Waals surface area contributed by atoms with E-state index in [1.807, 2.05) is 0 Å². The molecule has 0 aliphatic carbocycles. The number of methoxy groups -OCH3 is 1. The second-order valence-corrected chi connectivity index (χ2v) is 4.67. The molecule has 0 amide bonds. The average Bonchev–Trinajstić information content (AvgIpc) is 2.35. The van der Waals surface area contributed by atoms with Crippen molar-refractivity contribution in [2.75, 3.05) is 12.9 Å². The maximum absolute atomic E-state index is 12.9. The molecule has 5 nitrogen and oxygen atoms in total. The van der Waals surface area contributed by atoms with Crippen LogP contribution in [0.1, 0.15) is 6.92 Å². The normalized spacial score (nSPS) is 11.9. The molecule has 0 fully saturated rings. The summed E-state index contributed by atoms with van der Waals surface area (Å²) >= 11 is 1.13. The van der Waals surface area contributed by atoms with E-state index in [9.17, 15) is 19.3 Å². The highest BCUT2D eigenvalue weighted by atomic mass is 32.2. The first-order valence-electron chi connectivity index (χ1n) is 5.10. The molecule has 1 rings (SSSR count). The number of nitro benzene ring substituents is 1. The van der Waals surface area contributed by atoms with Crippen LogP contribution in [-0.2, 0) is 9.53 Å². The maximum atomic E-state index is 12.9. The lowest BCUT2D eigenvalue weighted by atomic mass is 10.2. The Morgan fingerprint density at radius 2 is 2.28 bits per heavy atom. The number of hydrogen-bond donors (Lipinski definition) is 0. The largest absolute Gasteiger partial charge is 0.469 e. The summed E-state index contributed by atoms with van der Waals surface area (Å²) in [7, 11) is 1.28. The van der Waals surface area contributed by atoms with E-state index in [4.69, 9.17) is 0 Å². The quantitative estimate of drug-likeness (QED) is 0.357. The summed E-state index contributed by atoms with van der Waals surface area (Å²) in [6.07, 6.45) is 0. The van der Waals surface area contributed by atoms with Gasteiger partial charge in [0.05, 0.1) is 28.9 Å². The van der Waals surface area contributed by atoms with E-state index >= 15 is 0 Å². The number of carbonyl (C=O) groups is 1. The standard InChI is InChI=1S/C11H12FNO4S/c1-7(11(14)17-2)6-18-10-4-3-8(12)5-9(10)13(15)16/h3-5,7H,6H2,1-2H3. The fraction of sp³-hybridized carbons (Fsp3) is 0.364. The predicted molar refractivity (Wildman–Crippen MR) is 65.0 cm³/mol. The van der Waals surface area contributed by atoms with Crippen LogP contribution in [0.3, 0.4) is 0 Å². The summed E-state index contributed by atoms with van der Waals surface area (Å²) in [5, 5.41) is 10.7. The zero-order chi connectivity index (χ0) is 13.7. The van der Waals surface area contributed by atoms with E-state index in [1.54, 1.807) is 6.92 Å². The second kappa shape index (κ2) is 6.34. The van der Waals surface area contributed by atoms with Gasteiger partial charge in [-0.15, -0.1) is 11.8 Å². The first kappa shape index (κ1) is 14.4. The van der Waals surface area contributed by atoms with Gasteiger partial charge in [0.1, 0.15) is 5.82 Å². The Morgan fingerprint density at radius 3 is 2.83 bits per heavy atom. The third-order valence-corrected chi connectivity index (χ3v) is 3.53. The summed E-state index contributed by atoms with van der Waals surface area (Å²) in [4.78, 5) is 21.6. The van der Waals surface area contributed by atoms with E-state index in [2.05, 4.69) is 4.74 Å². The van der Waals surface area contributed by atoms with Gasteiger partial charge in [-0.2, -0.15) is 0 Å². The first-order valence-corrected chi connectivity index (χ1v) is 6.08. The van der Waals surface area contributed by atoms with Gasteiger partial charge in [0.2, 0.25) is 0 Å². The summed E-state index contributed by atoms with van der Waals surface area (Å²) in [5.74, 6) is -1.09. The van der Waals surface area contributed by atoms with Crippen LogP contribution in [0.25, 0.3) is 0 Å². The molecule has 0 radical (unpaired) electrons. The van der Waals surface area contributed by atoms with Gasteiger partial charge in [-0.1, -0.05) is 6.92 Å². The lowest BCUT2D eigenvalue weighted by molar-refractivity contribution is -0.387. The Balaban J connectivity index is 2.79. The van der Waals surface area contributed by atoms with Crippen molar-refractivity contribution in [1.82, 2.24) is 0 Å². The Morgan fingerprint density at radius 1 is 1.61 bits per heavy atom. The number of hydrogen-bond acceptors (Lipinski definition) is 5. The molecule has 1 aromatic carbocycles. The SMILES string of the molecule is COC(=O)C(C)CSc1ccc(F)cc1[N+](=O)[O-]. The topological polar surface area (TPSA) is 69.4 Å². The molecule has 0 saturated heterocycles. The summed E-state index contributed by atoms with van der Waals surface area (Å²) < 4.78 is 17.5. The van der Waals surface area contributed by atoms with Crippen molar-refractivity contribution in [3.63, 3.8) is 0 Å². The molecule has 1 aromatic rings. The van der Waals surface area contributed by atoms with Gasteiger partial charge in [0, 0.05) is 5.75 Å². The highest BCUT2D eigenvalue weighted by Crippen LogP contribution is 2.31. The van der Waals surface area contributed by atoms with Gasteiger partial charge in [-0.05, 0) is 12.1 Å². The molecule has 0 bridgehead atoms. The third kappa shape index (κ3) is 3.69. The number of thioether (sulfide) groups is 1. The monoisotopic (exact) mass is 273 g/mol. The molecule has 7 heteroatoms. The zero-order valence-corrected chi connectivity index (χ0v) is 10.7. The second-order valence-electron chi connectivity index (χ2n) is 3.60. The van der Waals surface area contributed by atoms with Crippen molar-refractivity contribution in [2.24, 2.45) is 5.92 Å².